The van der Waals surface area contributed by atoms with Gasteiger partial charge in [-0.15, -0.1) is 11.3 Å². The Morgan fingerprint density at radius 3 is 2.79 bits per heavy atom. The lowest BCUT2D eigenvalue weighted by atomic mass is 10.2. The molecule has 0 unspecified atom stereocenters. The lowest BCUT2D eigenvalue weighted by Gasteiger charge is -2.17. The van der Waals surface area contributed by atoms with Crippen LogP contribution < -0.4 is 9.62 Å². The van der Waals surface area contributed by atoms with Crippen LogP contribution >= 0.6 is 11.3 Å². The first-order valence-corrected chi connectivity index (χ1v) is 10.1. The number of nitrogens with one attached hydrogen (secondary N) is 1. The smallest absolute Gasteiger partial charge is 0.251 e. The second-order valence-electron chi connectivity index (χ2n) is 5.59. The number of anilines is 2. The Kier molecular flexibility index (Phi) is 4.73. The topological polar surface area (TPSA) is 66.5 Å². The van der Waals surface area contributed by atoms with Gasteiger partial charge in [0.1, 0.15) is 0 Å². The van der Waals surface area contributed by atoms with Crippen LogP contribution in [0, 0.1) is 0 Å². The van der Waals surface area contributed by atoms with Gasteiger partial charge in [-0.25, -0.2) is 8.42 Å². The molecule has 0 spiro atoms. The van der Waals surface area contributed by atoms with Crippen molar-refractivity contribution in [1.29, 1.82) is 0 Å². The third kappa shape index (κ3) is 3.68. The molecule has 1 aromatic carbocycles. The summed E-state index contributed by atoms with van der Waals surface area (Å²) in [7, 11) is -3.23. The normalized spacial score (nSPS) is 17.0. The van der Waals surface area contributed by atoms with Gasteiger partial charge in [0.2, 0.25) is 10.0 Å². The lowest BCUT2D eigenvalue weighted by molar-refractivity contribution is -0.112. The number of sulfonamides is 1. The fourth-order valence-electron chi connectivity index (χ4n) is 2.55. The van der Waals surface area contributed by atoms with Crippen LogP contribution in [-0.4, -0.2) is 26.6 Å². The minimum Gasteiger partial charge on any atom is -0.322 e. The number of amides is 1. The number of thiophene rings is 1. The second-order valence-corrected chi connectivity index (χ2v) is 8.58. The molecule has 1 fully saturated rings. The first-order chi connectivity index (χ1) is 11.5. The number of carbonyl (C=O) groups is 1. The molecule has 3 rings (SSSR count). The molecule has 0 aliphatic carbocycles. The fourth-order valence-corrected chi connectivity index (χ4v) is 4.82. The molecule has 7 heteroatoms. The molecule has 1 aliphatic rings. The fraction of sp³-hybridized carbons (Fsp3) is 0.235. The van der Waals surface area contributed by atoms with Gasteiger partial charge in [-0.3, -0.25) is 9.10 Å². The number of nitrogens with zero attached hydrogens (tertiary/aromatic N) is 1. The summed E-state index contributed by atoms with van der Waals surface area (Å²) in [4.78, 5) is 13.3. The van der Waals surface area contributed by atoms with Gasteiger partial charge in [0, 0.05) is 22.7 Å². The molecule has 1 saturated heterocycles. The van der Waals surface area contributed by atoms with Crippen molar-refractivity contribution < 1.29 is 13.2 Å². The molecule has 0 radical (unpaired) electrons. The van der Waals surface area contributed by atoms with Gasteiger partial charge < -0.3 is 5.32 Å². The zero-order valence-electron chi connectivity index (χ0n) is 13.2. The summed E-state index contributed by atoms with van der Waals surface area (Å²) >= 11 is 1.56. The van der Waals surface area contributed by atoms with Gasteiger partial charge in [-0.1, -0.05) is 12.1 Å². The minimum absolute atomic E-state index is 0.173. The highest BCUT2D eigenvalue weighted by molar-refractivity contribution is 7.93. The maximum absolute atomic E-state index is 12.3. The van der Waals surface area contributed by atoms with Crippen LogP contribution in [0.5, 0.6) is 0 Å². The lowest BCUT2D eigenvalue weighted by Crippen LogP contribution is -2.25. The standard InChI is InChI=1S/C17H18N2O3S2/c1-13(11-16-7-3-9-23-16)17(20)18-14-5-2-6-15(12-14)19-8-4-10-24(19,21)22/h2-3,5-7,9,11-12H,4,8,10H2,1H3,(H,18,20)/b13-11+. The predicted molar refractivity (Wildman–Crippen MR) is 98.8 cm³/mol. The van der Waals surface area contributed by atoms with Gasteiger partial charge in [0.05, 0.1) is 11.4 Å². The van der Waals surface area contributed by atoms with E-state index in [1.165, 1.54) is 4.31 Å². The first kappa shape index (κ1) is 16.7. The SMILES string of the molecule is C/C(=C\c1cccs1)C(=O)Nc1cccc(N2CCCS2(=O)=O)c1. The van der Waals surface area contributed by atoms with Crippen molar-refractivity contribution in [2.75, 3.05) is 21.9 Å². The molecule has 1 amide bonds. The van der Waals surface area contributed by atoms with Crippen LogP contribution in [0.2, 0.25) is 0 Å². The van der Waals surface area contributed by atoms with E-state index in [1.54, 1.807) is 42.5 Å². The highest BCUT2D eigenvalue weighted by Crippen LogP contribution is 2.26. The van der Waals surface area contributed by atoms with Crippen LogP contribution in [-0.2, 0) is 14.8 Å². The van der Waals surface area contributed by atoms with Gasteiger partial charge in [-0.2, -0.15) is 0 Å². The Bertz CT molecular complexity index is 871. The van der Waals surface area contributed by atoms with E-state index in [4.69, 9.17) is 0 Å². The molecule has 5 nitrogen and oxygen atoms in total. The Balaban J connectivity index is 1.76. The van der Waals surface area contributed by atoms with Crippen LogP contribution in [0.15, 0.2) is 47.4 Å². The molecular formula is C17H18N2O3S2. The number of hydrogen-bond acceptors (Lipinski definition) is 4. The molecule has 126 valence electrons. The van der Waals surface area contributed by atoms with E-state index in [9.17, 15) is 13.2 Å². The molecule has 1 aliphatic heterocycles. The first-order valence-electron chi connectivity index (χ1n) is 7.59. The number of benzene rings is 1. The summed E-state index contributed by atoms with van der Waals surface area (Å²) in [5.41, 5.74) is 1.76. The summed E-state index contributed by atoms with van der Waals surface area (Å²) < 4.78 is 25.4. The molecule has 1 aromatic heterocycles. The van der Waals surface area contributed by atoms with E-state index in [0.717, 1.165) is 4.88 Å². The van der Waals surface area contributed by atoms with Crippen molar-refractivity contribution in [2.45, 2.75) is 13.3 Å². The van der Waals surface area contributed by atoms with Crippen molar-refractivity contribution in [2.24, 2.45) is 0 Å². The largest absolute Gasteiger partial charge is 0.322 e. The molecule has 2 heterocycles. The zero-order valence-corrected chi connectivity index (χ0v) is 14.9. The minimum atomic E-state index is -3.23. The molecule has 0 bridgehead atoms. The number of carbonyl (C=O) groups excluding carboxylic acids is 1. The third-order valence-corrected chi connectivity index (χ3v) is 6.44. The van der Waals surface area contributed by atoms with Crippen molar-refractivity contribution in [3.63, 3.8) is 0 Å². The van der Waals surface area contributed by atoms with E-state index in [-0.39, 0.29) is 11.7 Å². The summed E-state index contributed by atoms with van der Waals surface area (Å²) in [6, 6.07) is 10.8. The molecule has 1 N–H and O–H groups in total. The highest BCUT2D eigenvalue weighted by Gasteiger charge is 2.28. The summed E-state index contributed by atoms with van der Waals surface area (Å²) in [5, 5.41) is 4.78. The van der Waals surface area contributed by atoms with Gasteiger partial charge in [0.15, 0.2) is 0 Å². The van der Waals surface area contributed by atoms with Crippen LogP contribution in [0.1, 0.15) is 18.2 Å². The quantitative estimate of drug-likeness (QED) is 0.849. The van der Waals surface area contributed by atoms with Gasteiger partial charge in [-0.05, 0) is 49.1 Å². The van der Waals surface area contributed by atoms with E-state index >= 15 is 0 Å². The summed E-state index contributed by atoms with van der Waals surface area (Å²) in [6.45, 7) is 2.24. The van der Waals surface area contributed by atoms with Crippen molar-refractivity contribution >= 4 is 44.7 Å². The van der Waals surface area contributed by atoms with Crippen molar-refractivity contribution in [3.05, 3.63) is 52.2 Å². The van der Waals surface area contributed by atoms with Gasteiger partial charge >= 0.3 is 0 Å². The maximum Gasteiger partial charge on any atom is 0.251 e. The average Bonchev–Trinajstić information content (AvgIpc) is 3.16. The maximum atomic E-state index is 12.3. The van der Waals surface area contributed by atoms with E-state index in [0.29, 0.717) is 29.9 Å². The predicted octanol–water partition coefficient (Wildman–Crippen LogP) is 3.33. The highest BCUT2D eigenvalue weighted by atomic mass is 32.2. The second kappa shape index (κ2) is 6.78. The van der Waals surface area contributed by atoms with Crippen molar-refractivity contribution in [3.8, 4) is 0 Å². The Morgan fingerprint density at radius 2 is 2.12 bits per heavy atom. The number of hydrogen-bond donors (Lipinski definition) is 1. The van der Waals surface area contributed by atoms with E-state index in [1.807, 2.05) is 23.6 Å². The monoisotopic (exact) mass is 362 g/mol. The molecule has 0 atom stereocenters. The third-order valence-electron chi connectivity index (χ3n) is 3.75. The molecule has 0 saturated carbocycles. The molecule has 24 heavy (non-hydrogen) atoms. The van der Waals surface area contributed by atoms with Gasteiger partial charge in [0.25, 0.3) is 5.91 Å². The molecular weight excluding hydrogens is 344 g/mol. The van der Waals surface area contributed by atoms with E-state index in [2.05, 4.69) is 5.32 Å². The summed E-state index contributed by atoms with van der Waals surface area (Å²) in [5.74, 6) is -0.0310. The van der Waals surface area contributed by atoms with E-state index < -0.39 is 10.0 Å². The summed E-state index contributed by atoms with van der Waals surface area (Å²) in [6.07, 6.45) is 2.45. The van der Waals surface area contributed by atoms with Crippen LogP contribution in [0.25, 0.3) is 6.08 Å². The molecule has 2 aromatic rings. The Labute approximate surface area is 145 Å². The Morgan fingerprint density at radius 1 is 1.29 bits per heavy atom. The zero-order chi connectivity index (χ0) is 17.2. The van der Waals surface area contributed by atoms with Crippen molar-refractivity contribution in [1.82, 2.24) is 0 Å². The van der Waals surface area contributed by atoms with Crippen LogP contribution in [0.4, 0.5) is 11.4 Å². The number of rotatable bonds is 4. The van der Waals surface area contributed by atoms with Crippen LogP contribution in [0.3, 0.4) is 0 Å². The average molecular weight is 362 g/mol. The Hall–Kier alpha value is -2.12.